The van der Waals surface area contributed by atoms with E-state index in [1.54, 1.807) is 0 Å². The van der Waals surface area contributed by atoms with Crippen LogP contribution in [0.2, 0.25) is 0 Å². The van der Waals surface area contributed by atoms with Crippen molar-refractivity contribution in [3.05, 3.63) is 0 Å². The van der Waals surface area contributed by atoms with Gasteiger partial charge in [-0.3, -0.25) is 4.57 Å². The molecule has 0 aromatic heterocycles. The molecule has 0 aliphatic carbocycles. The predicted molar refractivity (Wildman–Crippen MR) is 37.9 cm³/mol. The van der Waals surface area contributed by atoms with Gasteiger partial charge in [-0.25, -0.2) is 0 Å². The molecule has 0 aromatic rings. The number of hydrogen-bond donors (Lipinski definition) is 1. The van der Waals surface area contributed by atoms with Gasteiger partial charge >= 0.3 is 118 Å². The zero-order valence-corrected chi connectivity index (χ0v) is 20.9. The summed E-state index contributed by atoms with van der Waals surface area (Å²) in [7, 11) is -5.71. The molecule has 0 aromatic carbocycles. The molecule has 98 valence electrons. The van der Waals surface area contributed by atoms with Gasteiger partial charge in [-0.1, -0.05) is 0 Å². The Morgan fingerprint density at radius 3 is 1.38 bits per heavy atom. The van der Waals surface area contributed by atoms with Crippen LogP contribution < -0.4 is 138 Å². The number of carboxylic acids is 3. The molecule has 0 saturated carbocycles. The number of carbonyl (C=O) groups is 3. The van der Waals surface area contributed by atoms with Crippen molar-refractivity contribution in [3.8, 4) is 0 Å². The van der Waals surface area contributed by atoms with Crippen molar-refractivity contribution in [1.29, 1.82) is 0 Å². The van der Waals surface area contributed by atoms with E-state index in [0.717, 1.165) is 0 Å². The molecular weight excluding hydrogens is 355 g/mol. The van der Waals surface area contributed by atoms with Crippen LogP contribution in [0, 0.1) is 0 Å². The smallest absolute Gasteiger partial charge is 0.756 e. The van der Waals surface area contributed by atoms with Crippen molar-refractivity contribution in [2.45, 2.75) is 18.4 Å². The van der Waals surface area contributed by atoms with E-state index in [2.05, 4.69) is 4.52 Å². The molecule has 1 N–H and O–H groups in total. The molecule has 0 radical (unpaired) electrons. The van der Waals surface area contributed by atoms with Gasteiger partial charge in [-0.2, -0.15) is 0 Å². The van der Waals surface area contributed by atoms with E-state index in [9.17, 15) is 39.2 Å². The van der Waals surface area contributed by atoms with Crippen LogP contribution in [-0.2, 0) is 23.5 Å². The number of carbonyl (C=O) groups excluding carboxylic acids is 3. The normalized spacial score (nSPS) is 12.1. The van der Waals surface area contributed by atoms with Crippen molar-refractivity contribution in [2.75, 3.05) is 0 Å². The van der Waals surface area contributed by atoms with Crippen LogP contribution in [0.5, 0.6) is 0 Å². The Bertz CT molecular complexity index is 379. The Labute approximate surface area is 207 Å². The van der Waals surface area contributed by atoms with Crippen molar-refractivity contribution in [2.24, 2.45) is 0 Å². The van der Waals surface area contributed by atoms with Crippen LogP contribution in [-0.4, -0.2) is 28.4 Å². The van der Waals surface area contributed by atoms with Gasteiger partial charge in [0.15, 0.2) is 0 Å². The number of hydrogen-bond acceptors (Lipinski definition) is 9. The van der Waals surface area contributed by atoms with Crippen molar-refractivity contribution < 1.29 is 167 Å². The van der Waals surface area contributed by atoms with Crippen molar-refractivity contribution in [3.63, 3.8) is 0 Å². The molecule has 0 fully saturated rings. The van der Waals surface area contributed by atoms with Crippen molar-refractivity contribution in [1.82, 2.24) is 0 Å². The van der Waals surface area contributed by atoms with Crippen LogP contribution in [0.1, 0.15) is 12.8 Å². The third-order valence-corrected chi connectivity index (χ3v) is 2.10. The summed E-state index contributed by atoms with van der Waals surface area (Å²) in [5.74, 6) is -6.70. The Kier molecular flexibility index (Phi) is 24.6. The predicted octanol–water partition coefficient (Wildman–Crippen LogP) is -17.8. The topological polar surface area (TPSA) is 190 Å². The second-order valence-electron chi connectivity index (χ2n) is 2.94. The Hall–Kier alpha value is 2.52. The summed E-state index contributed by atoms with van der Waals surface area (Å²) >= 11 is 0. The molecule has 0 rings (SSSR count). The van der Waals surface area contributed by atoms with Crippen LogP contribution in [0.15, 0.2) is 0 Å². The third kappa shape index (κ3) is 15.8. The van der Waals surface area contributed by atoms with Gasteiger partial charge in [0.05, 0.1) is 5.97 Å². The second-order valence-corrected chi connectivity index (χ2v) is 4.06. The van der Waals surface area contributed by atoms with Crippen molar-refractivity contribution >= 4 is 25.7 Å². The standard InChI is InChI=1S/C6H9O10P.4Na/c7-3(8)1-6(5(11)12,2-4(9)10)16-17(13,14)15;;;;/h1-2H2,(H,7,8)(H,9,10)(H,11,12)(H2,13,14,15);;;;/q;4*+1/p-4. The fourth-order valence-corrected chi connectivity index (χ4v) is 1.64. The van der Waals surface area contributed by atoms with E-state index < -0.39 is 44.2 Å². The molecule has 1 atom stereocenters. The van der Waals surface area contributed by atoms with Gasteiger partial charge in [0.25, 0.3) is 7.82 Å². The first kappa shape index (κ1) is 34.8. The molecule has 0 aliphatic heterocycles. The molecule has 15 heteroatoms. The minimum Gasteiger partial charge on any atom is -0.756 e. The molecule has 0 spiro atoms. The van der Waals surface area contributed by atoms with E-state index in [4.69, 9.17) is 4.89 Å². The minimum absolute atomic E-state index is 0. The molecule has 0 bridgehead atoms. The number of aliphatic carboxylic acids is 3. The maximum absolute atomic E-state index is 10.6. The number of carboxylic acid groups (broad SMARTS) is 3. The molecule has 1 unspecified atom stereocenters. The van der Waals surface area contributed by atoms with Crippen LogP contribution in [0.25, 0.3) is 0 Å². The van der Waals surface area contributed by atoms with Gasteiger partial charge in [0.1, 0.15) is 5.60 Å². The van der Waals surface area contributed by atoms with Crippen LogP contribution in [0.4, 0.5) is 0 Å². The molecule has 21 heavy (non-hydrogen) atoms. The maximum Gasteiger partial charge on any atom is 1.00 e. The van der Waals surface area contributed by atoms with E-state index >= 15 is 0 Å². The summed E-state index contributed by atoms with van der Waals surface area (Å²) in [6.07, 6.45) is -3.31. The number of phosphoric acid groups is 1. The number of phosphoric ester groups is 1. The third-order valence-electron chi connectivity index (χ3n) is 1.52. The SMILES string of the molecule is O=C([O-])CC(CC(=O)[O-])(OP(=O)([O-])O)C(=O)[O-].[Na+].[Na+].[Na+].[Na+]. The zero-order chi connectivity index (χ0) is 13.9. The van der Waals surface area contributed by atoms with E-state index in [-0.39, 0.29) is 118 Å². The van der Waals surface area contributed by atoms with Crippen LogP contribution in [0.3, 0.4) is 0 Å². The molecule has 0 heterocycles. The fourth-order valence-electron chi connectivity index (χ4n) is 0.996. The Balaban J connectivity index is -0.000000213. The summed E-state index contributed by atoms with van der Waals surface area (Å²) in [5, 5.41) is 31.0. The summed E-state index contributed by atoms with van der Waals surface area (Å²) in [4.78, 5) is 49.7. The molecule has 10 nitrogen and oxygen atoms in total. The van der Waals surface area contributed by atoms with Gasteiger partial charge < -0.3 is 44.0 Å². The summed E-state index contributed by atoms with van der Waals surface area (Å²) in [5.41, 5.74) is -3.32. The quantitative estimate of drug-likeness (QED) is 0.337. The molecule has 0 aliphatic rings. The molecule has 0 saturated heterocycles. The summed E-state index contributed by atoms with van der Waals surface area (Å²) in [6.45, 7) is 0. The monoisotopic (exact) mass is 360 g/mol. The summed E-state index contributed by atoms with van der Waals surface area (Å²) < 4.78 is 13.9. The first-order chi connectivity index (χ1) is 7.48. The van der Waals surface area contributed by atoms with E-state index in [0.29, 0.717) is 0 Å². The molecular formula is C6H5Na4O10P. The second kappa shape index (κ2) is 14.8. The van der Waals surface area contributed by atoms with Gasteiger partial charge in [0.2, 0.25) is 0 Å². The molecule has 0 amide bonds. The summed E-state index contributed by atoms with van der Waals surface area (Å²) in [6, 6.07) is 0. The fraction of sp³-hybridized carbons (Fsp3) is 0.500. The van der Waals surface area contributed by atoms with E-state index in [1.807, 2.05) is 0 Å². The largest absolute Gasteiger partial charge is 1.00 e. The zero-order valence-electron chi connectivity index (χ0n) is 12.0. The minimum atomic E-state index is -5.71. The Morgan fingerprint density at radius 2 is 1.24 bits per heavy atom. The van der Waals surface area contributed by atoms with Gasteiger partial charge in [-0.05, 0) is 0 Å². The van der Waals surface area contributed by atoms with E-state index in [1.165, 1.54) is 0 Å². The maximum atomic E-state index is 10.6. The average Bonchev–Trinajstić information content (AvgIpc) is 1.96. The first-order valence-electron chi connectivity index (χ1n) is 3.84. The van der Waals surface area contributed by atoms with Crippen LogP contribution >= 0.6 is 7.82 Å². The first-order valence-corrected chi connectivity index (χ1v) is 5.34. The Morgan fingerprint density at radius 1 is 0.952 bits per heavy atom. The number of rotatable bonds is 7. The van der Waals surface area contributed by atoms with Gasteiger partial charge in [0, 0.05) is 24.8 Å². The average molecular weight is 360 g/mol. The van der Waals surface area contributed by atoms with Gasteiger partial charge in [-0.15, -0.1) is 0 Å².